The fourth-order valence-electron chi connectivity index (χ4n) is 2.46. The zero-order valence-electron chi connectivity index (χ0n) is 12.2. The Morgan fingerprint density at radius 1 is 1.33 bits per heavy atom. The number of carbonyl (C=O) groups is 2. The number of amides is 1. The first-order valence-electron chi connectivity index (χ1n) is 6.81. The average Bonchev–Trinajstić information content (AvgIpc) is 2.95. The second kappa shape index (κ2) is 6.24. The Morgan fingerprint density at radius 3 is 2.52 bits per heavy atom. The lowest BCUT2D eigenvalue weighted by Gasteiger charge is -2.28. The fourth-order valence-corrected chi connectivity index (χ4v) is 2.46. The Labute approximate surface area is 123 Å². The number of carboxylic acid groups (broad SMARTS) is 1. The normalized spacial score (nSPS) is 22.8. The number of ether oxygens (including phenoxy) is 1. The zero-order chi connectivity index (χ0) is 15.6. The summed E-state index contributed by atoms with van der Waals surface area (Å²) in [4.78, 5) is 25.0. The van der Waals surface area contributed by atoms with Crippen molar-refractivity contribution in [2.45, 2.75) is 19.0 Å². The van der Waals surface area contributed by atoms with E-state index in [0.717, 1.165) is 5.56 Å². The summed E-state index contributed by atoms with van der Waals surface area (Å²) >= 11 is 0. The van der Waals surface area contributed by atoms with Gasteiger partial charge in [-0.1, -0.05) is 29.8 Å². The Morgan fingerprint density at radius 2 is 1.95 bits per heavy atom. The SMILES string of the molecule is Cc1ccc(C(N)C(=O)N(C)C2COCC2C(=O)O)cc1. The van der Waals surface area contributed by atoms with E-state index < -0.39 is 24.0 Å². The van der Waals surface area contributed by atoms with Crippen LogP contribution in [-0.4, -0.2) is 48.2 Å². The van der Waals surface area contributed by atoms with Gasteiger partial charge >= 0.3 is 5.97 Å². The molecular formula is C15H20N2O4. The molecule has 1 fully saturated rings. The molecule has 3 N–H and O–H groups in total. The molecule has 0 bridgehead atoms. The van der Waals surface area contributed by atoms with Gasteiger partial charge in [0.05, 0.1) is 19.3 Å². The summed E-state index contributed by atoms with van der Waals surface area (Å²) in [6, 6.07) is 6.12. The molecule has 1 heterocycles. The standard InChI is InChI=1S/C15H20N2O4/c1-9-3-5-10(6-4-9)13(16)14(18)17(2)12-8-21-7-11(12)15(19)20/h3-6,11-13H,7-8,16H2,1-2H3,(H,19,20). The van der Waals surface area contributed by atoms with Crippen molar-refractivity contribution in [3.63, 3.8) is 0 Å². The van der Waals surface area contributed by atoms with Crippen LogP contribution in [0, 0.1) is 12.8 Å². The molecule has 0 saturated carbocycles. The molecule has 3 unspecified atom stereocenters. The number of benzene rings is 1. The fraction of sp³-hybridized carbons (Fsp3) is 0.467. The van der Waals surface area contributed by atoms with Crippen LogP contribution < -0.4 is 5.73 Å². The molecule has 0 aliphatic carbocycles. The van der Waals surface area contributed by atoms with E-state index in [1.807, 2.05) is 31.2 Å². The molecule has 114 valence electrons. The molecule has 1 aromatic rings. The van der Waals surface area contributed by atoms with Gasteiger partial charge in [-0.2, -0.15) is 0 Å². The maximum Gasteiger partial charge on any atom is 0.311 e. The van der Waals surface area contributed by atoms with E-state index in [9.17, 15) is 9.59 Å². The van der Waals surface area contributed by atoms with Crippen molar-refractivity contribution in [3.05, 3.63) is 35.4 Å². The highest BCUT2D eigenvalue weighted by Gasteiger charge is 2.39. The van der Waals surface area contributed by atoms with E-state index in [2.05, 4.69) is 0 Å². The van der Waals surface area contributed by atoms with E-state index in [1.54, 1.807) is 7.05 Å². The molecule has 1 aliphatic heterocycles. The quantitative estimate of drug-likeness (QED) is 0.845. The number of aliphatic carboxylic acids is 1. The highest BCUT2D eigenvalue weighted by Crippen LogP contribution is 2.22. The summed E-state index contributed by atoms with van der Waals surface area (Å²) in [5, 5.41) is 9.15. The van der Waals surface area contributed by atoms with Gasteiger partial charge in [-0.3, -0.25) is 9.59 Å². The minimum Gasteiger partial charge on any atom is -0.481 e. The van der Waals surface area contributed by atoms with Gasteiger partial charge < -0.3 is 20.5 Å². The lowest BCUT2D eigenvalue weighted by atomic mass is 10.00. The second-order valence-corrected chi connectivity index (χ2v) is 5.39. The van der Waals surface area contributed by atoms with Gasteiger partial charge in [-0.25, -0.2) is 0 Å². The number of carboxylic acids is 1. The van der Waals surface area contributed by atoms with Gasteiger partial charge in [0.25, 0.3) is 0 Å². The summed E-state index contributed by atoms with van der Waals surface area (Å²) < 4.78 is 5.19. The number of nitrogens with zero attached hydrogens (tertiary/aromatic N) is 1. The Kier molecular flexibility index (Phi) is 4.59. The lowest BCUT2D eigenvalue weighted by molar-refractivity contribution is -0.144. The van der Waals surface area contributed by atoms with Crippen molar-refractivity contribution in [3.8, 4) is 0 Å². The van der Waals surface area contributed by atoms with E-state index >= 15 is 0 Å². The maximum absolute atomic E-state index is 12.4. The first-order chi connectivity index (χ1) is 9.91. The van der Waals surface area contributed by atoms with Crippen LogP contribution in [0.2, 0.25) is 0 Å². The monoisotopic (exact) mass is 292 g/mol. The van der Waals surface area contributed by atoms with Crippen molar-refractivity contribution < 1.29 is 19.4 Å². The smallest absolute Gasteiger partial charge is 0.311 e. The molecule has 1 amide bonds. The maximum atomic E-state index is 12.4. The van der Waals surface area contributed by atoms with Gasteiger partial charge in [0, 0.05) is 7.05 Å². The molecule has 1 aliphatic rings. The number of likely N-dealkylation sites (N-methyl/N-ethyl adjacent to an activating group) is 1. The van der Waals surface area contributed by atoms with E-state index in [0.29, 0.717) is 5.56 Å². The molecule has 2 rings (SSSR count). The lowest BCUT2D eigenvalue weighted by Crippen LogP contribution is -2.47. The van der Waals surface area contributed by atoms with Crippen LogP contribution in [0.3, 0.4) is 0 Å². The summed E-state index contributed by atoms with van der Waals surface area (Å²) in [5.74, 6) is -1.97. The number of nitrogens with two attached hydrogens (primary N) is 1. The third kappa shape index (κ3) is 3.22. The van der Waals surface area contributed by atoms with Gasteiger partial charge in [0.15, 0.2) is 0 Å². The Bertz CT molecular complexity index is 529. The first kappa shape index (κ1) is 15.5. The molecule has 0 spiro atoms. The third-order valence-corrected chi connectivity index (χ3v) is 3.92. The van der Waals surface area contributed by atoms with Crippen LogP contribution in [0.25, 0.3) is 0 Å². The van der Waals surface area contributed by atoms with Crippen molar-refractivity contribution in [2.24, 2.45) is 11.7 Å². The molecule has 0 radical (unpaired) electrons. The van der Waals surface area contributed by atoms with Crippen LogP contribution in [0.15, 0.2) is 24.3 Å². The predicted molar refractivity (Wildman–Crippen MR) is 76.6 cm³/mol. The van der Waals surface area contributed by atoms with Crippen LogP contribution in [0.4, 0.5) is 0 Å². The van der Waals surface area contributed by atoms with Gasteiger partial charge in [-0.15, -0.1) is 0 Å². The Hall–Kier alpha value is -1.92. The molecule has 6 nitrogen and oxygen atoms in total. The zero-order valence-corrected chi connectivity index (χ0v) is 12.2. The minimum atomic E-state index is -0.957. The highest BCUT2D eigenvalue weighted by atomic mass is 16.5. The van der Waals surface area contributed by atoms with E-state index in [4.69, 9.17) is 15.6 Å². The molecule has 21 heavy (non-hydrogen) atoms. The van der Waals surface area contributed by atoms with Crippen molar-refractivity contribution in [2.75, 3.05) is 20.3 Å². The van der Waals surface area contributed by atoms with Gasteiger partial charge in [-0.05, 0) is 12.5 Å². The molecule has 0 aromatic heterocycles. The van der Waals surface area contributed by atoms with Crippen molar-refractivity contribution in [1.82, 2.24) is 4.90 Å². The summed E-state index contributed by atoms with van der Waals surface area (Å²) in [7, 11) is 1.58. The second-order valence-electron chi connectivity index (χ2n) is 5.39. The number of aryl methyl sites for hydroxylation is 1. The third-order valence-electron chi connectivity index (χ3n) is 3.92. The summed E-state index contributed by atoms with van der Waals surface area (Å²) in [6.45, 7) is 2.30. The number of hydrogen-bond acceptors (Lipinski definition) is 4. The molecule has 3 atom stereocenters. The summed E-state index contributed by atoms with van der Waals surface area (Å²) in [5.41, 5.74) is 7.80. The summed E-state index contributed by atoms with van der Waals surface area (Å²) in [6.07, 6.45) is 0. The highest BCUT2D eigenvalue weighted by molar-refractivity contribution is 5.84. The van der Waals surface area contributed by atoms with Crippen LogP contribution >= 0.6 is 0 Å². The van der Waals surface area contributed by atoms with Crippen LogP contribution in [-0.2, 0) is 14.3 Å². The largest absolute Gasteiger partial charge is 0.481 e. The van der Waals surface area contributed by atoms with Crippen LogP contribution in [0.1, 0.15) is 17.2 Å². The molecule has 6 heteroatoms. The Balaban J connectivity index is 2.11. The molecule has 1 aromatic carbocycles. The van der Waals surface area contributed by atoms with Crippen LogP contribution in [0.5, 0.6) is 0 Å². The van der Waals surface area contributed by atoms with Crippen molar-refractivity contribution >= 4 is 11.9 Å². The predicted octanol–water partition coefficient (Wildman–Crippen LogP) is 0.553. The average molecular weight is 292 g/mol. The van der Waals surface area contributed by atoms with Crippen molar-refractivity contribution in [1.29, 1.82) is 0 Å². The minimum absolute atomic E-state index is 0.122. The van der Waals surface area contributed by atoms with E-state index in [1.165, 1.54) is 4.90 Å². The van der Waals surface area contributed by atoms with E-state index in [-0.39, 0.29) is 19.1 Å². The number of carbonyl (C=O) groups excluding carboxylic acids is 1. The molecule has 1 saturated heterocycles. The van der Waals surface area contributed by atoms with Gasteiger partial charge in [0.1, 0.15) is 12.0 Å². The first-order valence-corrected chi connectivity index (χ1v) is 6.81. The number of rotatable bonds is 4. The molecular weight excluding hydrogens is 272 g/mol. The number of hydrogen-bond donors (Lipinski definition) is 2. The topological polar surface area (TPSA) is 92.9 Å². The van der Waals surface area contributed by atoms with Gasteiger partial charge in [0.2, 0.25) is 5.91 Å².